The van der Waals surface area contributed by atoms with Crippen LogP contribution < -0.4 is 10.6 Å². The quantitative estimate of drug-likeness (QED) is 0.779. The van der Waals surface area contributed by atoms with E-state index in [0.717, 1.165) is 19.6 Å². The van der Waals surface area contributed by atoms with Gasteiger partial charge in [-0.3, -0.25) is 15.0 Å². The highest BCUT2D eigenvalue weighted by Crippen LogP contribution is 2.13. The molecule has 0 aromatic heterocycles. The zero-order chi connectivity index (χ0) is 20.7. The number of anilines is 1. The SMILES string of the molecule is CC(C)CN1CCO[C@H](CNC(=O)c2ccc(NC(=O)OC(C)(C)C)cc2)C1. The minimum absolute atomic E-state index is 0.00422. The highest BCUT2D eigenvalue weighted by molar-refractivity contribution is 5.95. The predicted molar refractivity (Wildman–Crippen MR) is 110 cm³/mol. The molecule has 0 aliphatic carbocycles. The molecule has 7 heteroatoms. The molecular formula is C21H33N3O4. The van der Waals surface area contributed by atoms with E-state index >= 15 is 0 Å². The average molecular weight is 392 g/mol. The van der Waals surface area contributed by atoms with E-state index in [1.165, 1.54) is 0 Å². The largest absolute Gasteiger partial charge is 0.444 e. The van der Waals surface area contributed by atoms with Crippen LogP contribution in [0.4, 0.5) is 10.5 Å². The van der Waals surface area contributed by atoms with Crippen molar-refractivity contribution in [2.24, 2.45) is 5.92 Å². The first-order valence-electron chi connectivity index (χ1n) is 9.84. The number of amides is 2. The number of nitrogens with one attached hydrogen (secondary N) is 2. The molecule has 1 atom stereocenters. The fourth-order valence-corrected chi connectivity index (χ4v) is 3.02. The van der Waals surface area contributed by atoms with Crippen molar-refractivity contribution in [2.45, 2.75) is 46.3 Å². The summed E-state index contributed by atoms with van der Waals surface area (Å²) in [6.07, 6.45) is -0.519. The number of benzene rings is 1. The van der Waals surface area contributed by atoms with Crippen molar-refractivity contribution >= 4 is 17.7 Å². The minimum Gasteiger partial charge on any atom is -0.444 e. The Labute approximate surface area is 167 Å². The third-order valence-electron chi connectivity index (χ3n) is 4.13. The van der Waals surface area contributed by atoms with E-state index in [9.17, 15) is 9.59 Å². The molecule has 7 nitrogen and oxygen atoms in total. The minimum atomic E-state index is -0.560. The molecular weight excluding hydrogens is 358 g/mol. The van der Waals surface area contributed by atoms with Crippen LogP contribution >= 0.6 is 0 Å². The number of ether oxygens (including phenoxy) is 2. The molecule has 1 heterocycles. The molecule has 0 unspecified atom stereocenters. The van der Waals surface area contributed by atoms with Crippen molar-refractivity contribution in [2.75, 3.05) is 38.1 Å². The van der Waals surface area contributed by atoms with Crippen LogP contribution in [0.2, 0.25) is 0 Å². The molecule has 1 saturated heterocycles. The maximum absolute atomic E-state index is 12.4. The van der Waals surface area contributed by atoms with Gasteiger partial charge in [0.05, 0.1) is 12.7 Å². The average Bonchev–Trinajstić information content (AvgIpc) is 2.58. The van der Waals surface area contributed by atoms with Gasteiger partial charge in [0, 0.05) is 37.4 Å². The Bertz CT molecular complexity index is 653. The van der Waals surface area contributed by atoms with Gasteiger partial charge in [-0.05, 0) is 51.0 Å². The number of rotatable bonds is 6. The number of hydrogen-bond donors (Lipinski definition) is 2. The van der Waals surface area contributed by atoms with Gasteiger partial charge in [-0.1, -0.05) is 13.8 Å². The lowest BCUT2D eigenvalue weighted by molar-refractivity contribution is -0.0295. The lowest BCUT2D eigenvalue weighted by Crippen LogP contribution is -2.48. The molecule has 2 amide bonds. The van der Waals surface area contributed by atoms with E-state index < -0.39 is 11.7 Å². The van der Waals surface area contributed by atoms with E-state index in [2.05, 4.69) is 29.4 Å². The van der Waals surface area contributed by atoms with Crippen LogP contribution in [0.3, 0.4) is 0 Å². The molecule has 0 radical (unpaired) electrons. The lowest BCUT2D eigenvalue weighted by Gasteiger charge is -2.33. The third-order valence-corrected chi connectivity index (χ3v) is 4.13. The monoisotopic (exact) mass is 391 g/mol. The molecule has 28 heavy (non-hydrogen) atoms. The first kappa shape index (κ1) is 22.2. The summed E-state index contributed by atoms with van der Waals surface area (Å²) in [6.45, 7) is 13.8. The standard InChI is InChI=1S/C21H33N3O4/c1-15(2)13-24-10-11-27-18(14-24)12-22-19(25)16-6-8-17(9-7-16)23-20(26)28-21(3,4)5/h6-9,15,18H,10-14H2,1-5H3,(H,22,25)(H,23,26)/t18-/m1/s1. The van der Waals surface area contributed by atoms with E-state index in [-0.39, 0.29) is 12.0 Å². The number of carbonyl (C=O) groups excluding carboxylic acids is 2. The normalized spacial score (nSPS) is 18.0. The smallest absolute Gasteiger partial charge is 0.412 e. The van der Waals surface area contributed by atoms with Crippen molar-refractivity contribution in [3.8, 4) is 0 Å². The summed E-state index contributed by atoms with van der Waals surface area (Å²) in [7, 11) is 0. The molecule has 1 aliphatic heterocycles. The molecule has 0 spiro atoms. The Balaban J connectivity index is 1.80. The zero-order valence-corrected chi connectivity index (χ0v) is 17.6. The van der Waals surface area contributed by atoms with Crippen LogP contribution in [0.1, 0.15) is 45.0 Å². The molecule has 0 bridgehead atoms. The summed E-state index contributed by atoms with van der Waals surface area (Å²) in [6, 6.07) is 6.71. The summed E-state index contributed by atoms with van der Waals surface area (Å²) < 4.78 is 11.0. The fraction of sp³-hybridized carbons (Fsp3) is 0.619. The van der Waals surface area contributed by atoms with Crippen LogP contribution in [-0.2, 0) is 9.47 Å². The van der Waals surface area contributed by atoms with Crippen LogP contribution in [0.5, 0.6) is 0 Å². The van der Waals surface area contributed by atoms with Crippen LogP contribution in [0.15, 0.2) is 24.3 Å². The highest BCUT2D eigenvalue weighted by atomic mass is 16.6. The summed E-state index contributed by atoms with van der Waals surface area (Å²) >= 11 is 0. The Morgan fingerprint density at radius 3 is 2.54 bits per heavy atom. The Morgan fingerprint density at radius 1 is 1.25 bits per heavy atom. The fourth-order valence-electron chi connectivity index (χ4n) is 3.02. The summed E-state index contributed by atoms with van der Waals surface area (Å²) in [5, 5.41) is 5.58. The van der Waals surface area contributed by atoms with Gasteiger partial charge in [0.25, 0.3) is 5.91 Å². The topological polar surface area (TPSA) is 79.9 Å². The Morgan fingerprint density at radius 2 is 1.93 bits per heavy atom. The number of morpholine rings is 1. The van der Waals surface area contributed by atoms with Gasteiger partial charge in [-0.15, -0.1) is 0 Å². The second-order valence-electron chi connectivity index (χ2n) is 8.56. The van der Waals surface area contributed by atoms with Crippen LogP contribution in [0.25, 0.3) is 0 Å². The van der Waals surface area contributed by atoms with Gasteiger partial charge in [0.1, 0.15) is 5.60 Å². The van der Waals surface area contributed by atoms with Crippen LogP contribution in [0, 0.1) is 5.92 Å². The second kappa shape index (κ2) is 9.89. The Hall–Kier alpha value is -2.12. The highest BCUT2D eigenvalue weighted by Gasteiger charge is 2.21. The van der Waals surface area contributed by atoms with Gasteiger partial charge in [0.2, 0.25) is 0 Å². The second-order valence-corrected chi connectivity index (χ2v) is 8.56. The van der Waals surface area contributed by atoms with Crippen molar-refractivity contribution in [3.05, 3.63) is 29.8 Å². The maximum atomic E-state index is 12.4. The van der Waals surface area contributed by atoms with Gasteiger partial charge in [0.15, 0.2) is 0 Å². The molecule has 1 aliphatic rings. The van der Waals surface area contributed by atoms with Gasteiger partial charge in [-0.2, -0.15) is 0 Å². The first-order chi connectivity index (χ1) is 13.1. The Kier molecular flexibility index (Phi) is 7.83. The van der Waals surface area contributed by atoms with Gasteiger partial charge in [-0.25, -0.2) is 4.79 Å². The summed E-state index contributed by atoms with van der Waals surface area (Å²) in [4.78, 5) is 26.5. The molecule has 2 rings (SSSR count). The van der Waals surface area contributed by atoms with E-state index in [0.29, 0.717) is 30.3 Å². The van der Waals surface area contributed by atoms with Gasteiger partial charge >= 0.3 is 6.09 Å². The maximum Gasteiger partial charge on any atom is 0.412 e. The molecule has 156 valence electrons. The van der Waals surface area contributed by atoms with Crippen molar-refractivity contribution in [1.82, 2.24) is 10.2 Å². The van der Waals surface area contributed by atoms with Crippen LogP contribution in [-0.4, -0.2) is 61.4 Å². The molecule has 2 N–H and O–H groups in total. The summed E-state index contributed by atoms with van der Waals surface area (Å²) in [5.41, 5.74) is 0.547. The predicted octanol–water partition coefficient (Wildman–Crippen LogP) is 3.12. The van der Waals surface area contributed by atoms with Crippen molar-refractivity contribution in [3.63, 3.8) is 0 Å². The summed E-state index contributed by atoms with van der Waals surface area (Å²) in [5.74, 6) is 0.453. The van der Waals surface area contributed by atoms with E-state index in [1.807, 2.05) is 0 Å². The number of nitrogens with zero attached hydrogens (tertiary/aromatic N) is 1. The molecule has 1 aromatic rings. The number of hydrogen-bond acceptors (Lipinski definition) is 5. The van der Waals surface area contributed by atoms with E-state index in [1.54, 1.807) is 45.0 Å². The van der Waals surface area contributed by atoms with Crippen molar-refractivity contribution < 1.29 is 19.1 Å². The first-order valence-corrected chi connectivity index (χ1v) is 9.84. The molecule has 0 saturated carbocycles. The molecule has 1 fully saturated rings. The molecule has 1 aromatic carbocycles. The zero-order valence-electron chi connectivity index (χ0n) is 17.6. The van der Waals surface area contributed by atoms with Gasteiger partial charge < -0.3 is 14.8 Å². The lowest BCUT2D eigenvalue weighted by atomic mass is 10.1. The van der Waals surface area contributed by atoms with Crippen molar-refractivity contribution in [1.29, 1.82) is 0 Å². The van der Waals surface area contributed by atoms with E-state index in [4.69, 9.17) is 9.47 Å². The third kappa shape index (κ3) is 7.86. The number of carbonyl (C=O) groups is 2.